The van der Waals surface area contributed by atoms with E-state index < -0.39 is 15.9 Å². The molecule has 0 radical (unpaired) electrons. The van der Waals surface area contributed by atoms with E-state index in [-0.39, 0.29) is 11.4 Å². The number of carbonyl (C=O) groups is 1. The molecule has 6 nitrogen and oxygen atoms in total. The summed E-state index contributed by atoms with van der Waals surface area (Å²) in [6.45, 7) is 1.41. The molecule has 8 heteroatoms. The quantitative estimate of drug-likeness (QED) is 0.503. The van der Waals surface area contributed by atoms with Crippen molar-refractivity contribution in [3.63, 3.8) is 0 Å². The van der Waals surface area contributed by atoms with Crippen molar-refractivity contribution in [1.82, 2.24) is 0 Å². The summed E-state index contributed by atoms with van der Waals surface area (Å²) in [5, 5.41) is 2.79. The van der Waals surface area contributed by atoms with Crippen LogP contribution >= 0.6 is 11.8 Å². The van der Waals surface area contributed by atoms with Gasteiger partial charge in [-0.05, 0) is 67.3 Å². The molecule has 3 aromatic rings. The number of rotatable bonds is 8. The van der Waals surface area contributed by atoms with Crippen LogP contribution in [0.1, 0.15) is 5.56 Å². The number of aryl methyl sites for hydroxylation is 1. The summed E-state index contributed by atoms with van der Waals surface area (Å²) < 4.78 is 33.3. The first-order chi connectivity index (χ1) is 14.8. The lowest BCUT2D eigenvalue weighted by atomic mass is 10.2. The van der Waals surface area contributed by atoms with Crippen molar-refractivity contribution >= 4 is 39.1 Å². The van der Waals surface area contributed by atoms with E-state index in [1.165, 1.54) is 13.2 Å². The van der Waals surface area contributed by atoms with E-state index in [9.17, 15) is 13.2 Å². The molecule has 0 bridgehead atoms. The number of anilines is 2. The molecule has 0 unspecified atom stereocenters. The van der Waals surface area contributed by atoms with Gasteiger partial charge < -0.3 is 10.1 Å². The normalized spacial score (nSPS) is 11.1. The maximum Gasteiger partial charge on any atom is 0.264 e. The summed E-state index contributed by atoms with van der Waals surface area (Å²) in [4.78, 5) is 13.9. The molecule has 3 rings (SSSR count). The summed E-state index contributed by atoms with van der Waals surface area (Å²) >= 11 is 1.56. The molecule has 0 aromatic heterocycles. The fourth-order valence-corrected chi connectivity index (χ4v) is 5.05. The Morgan fingerprint density at radius 3 is 2.42 bits per heavy atom. The lowest BCUT2D eigenvalue weighted by molar-refractivity contribution is -0.114. The van der Waals surface area contributed by atoms with E-state index in [2.05, 4.69) is 5.32 Å². The van der Waals surface area contributed by atoms with E-state index in [1.54, 1.807) is 67.2 Å². The fraction of sp³-hybridized carbons (Fsp3) is 0.174. The average Bonchev–Trinajstić information content (AvgIpc) is 2.78. The molecule has 0 spiro atoms. The number of nitrogens with zero attached hydrogens (tertiary/aromatic N) is 1. The lowest BCUT2D eigenvalue weighted by Gasteiger charge is -2.24. The molecule has 0 atom stereocenters. The van der Waals surface area contributed by atoms with Crippen LogP contribution in [0.25, 0.3) is 0 Å². The molecule has 162 valence electrons. The zero-order chi connectivity index (χ0) is 22.4. The maximum atomic E-state index is 13.5. The number of thioether (sulfide) groups is 1. The molecule has 31 heavy (non-hydrogen) atoms. The summed E-state index contributed by atoms with van der Waals surface area (Å²) in [6, 6.07) is 20.6. The predicted molar refractivity (Wildman–Crippen MR) is 126 cm³/mol. The van der Waals surface area contributed by atoms with Crippen LogP contribution in [0.15, 0.2) is 82.6 Å². The predicted octanol–water partition coefficient (Wildman–Crippen LogP) is 4.56. The van der Waals surface area contributed by atoms with Crippen LogP contribution in [0.3, 0.4) is 0 Å². The first-order valence-corrected chi connectivity index (χ1v) is 12.2. The van der Waals surface area contributed by atoms with Gasteiger partial charge in [0.1, 0.15) is 12.3 Å². The van der Waals surface area contributed by atoms with Crippen molar-refractivity contribution in [2.45, 2.75) is 16.7 Å². The third-order valence-corrected chi connectivity index (χ3v) is 7.13. The van der Waals surface area contributed by atoms with Gasteiger partial charge in [-0.15, -0.1) is 11.8 Å². The number of ether oxygens (including phenoxy) is 1. The van der Waals surface area contributed by atoms with Crippen molar-refractivity contribution in [1.29, 1.82) is 0 Å². The Bertz CT molecular complexity index is 1170. The number of methoxy groups -OCH3 is 1. The van der Waals surface area contributed by atoms with Gasteiger partial charge in [0.05, 0.1) is 17.7 Å². The van der Waals surface area contributed by atoms with Gasteiger partial charge in [-0.3, -0.25) is 9.10 Å². The van der Waals surface area contributed by atoms with Crippen LogP contribution in [0.2, 0.25) is 0 Å². The minimum absolute atomic E-state index is 0.0897. The number of hydrogen-bond acceptors (Lipinski definition) is 5. The Hall–Kier alpha value is -2.97. The second-order valence-corrected chi connectivity index (χ2v) is 9.50. The highest BCUT2D eigenvalue weighted by atomic mass is 32.2. The maximum absolute atomic E-state index is 13.5. The van der Waals surface area contributed by atoms with E-state index >= 15 is 0 Å². The molecule has 0 saturated carbocycles. The molecule has 0 fully saturated rings. The van der Waals surface area contributed by atoms with E-state index in [0.717, 1.165) is 9.20 Å². The molecule has 0 aliphatic carbocycles. The summed E-state index contributed by atoms with van der Waals surface area (Å²) in [6.07, 6.45) is 1.95. The van der Waals surface area contributed by atoms with Crippen LogP contribution in [0, 0.1) is 6.92 Å². The van der Waals surface area contributed by atoms with E-state index in [4.69, 9.17) is 4.74 Å². The zero-order valence-corrected chi connectivity index (χ0v) is 19.2. The Balaban J connectivity index is 1.93. The number of amides is 1. The standard InChI is InChI=1S/C23H24N2O4S2/c1-17-14-21(12-13-22(17)29-2)31(27,28)25(19-9-5-4-6-10-19)16-23(26)24-18-8-7-11-20(15-18)30-3/h4-15H,16H2,1-3H3,(H,24,26). The highest BCUT2D eigenvalue weighted by Gasteiger charge is 2.27. The van der Waals surface area contributed by atoms with Gasteiger partial charge in [0.15, 0.2) is 0 Å². The van der Waals surface area contributed by atoms with Gasteiger partial charge in [0, 0.05) is 10.6 Å². The van der Waals surface area contributed by atoms with Gasteiger partial charge in [-0.25, -0.2) is 8.42 Å². The van der Waals surface area contributed by atoms with Crippen molar-refractivity contribution in [3.05, 3.63) is 78.4 Å². The SMILES string of the molecule is COc1ccc(S(=O)(=O)N(CC(=O)Nc2cccc(SC)c2)c2ccccc2)cc1C. The largest absolute Gasteiger partial charge is 0.496 e. The van der Waals surface area contributed by atoms with Crippen LogP contribution in [0.5, 0.6) is 5.75 Å². The number of hydrogen-bond donors (Lipinski definition) is 1. The fourth-order valence-electron chi connectivity index (χ4n) is 3.08. The van der Waals surface area contributed by atoms with Gasteiger partial charge in [0.2, 0.25) is 5.91 Å². The third kappa shape index (κ3) is 5.39. The van der Waals surface area contributed by atoms with E-state index in [0.29, 0.717) is 22.7 Å². The second kappa shape index (κ2) is 9.89. The molecule has 1 N–H and O–H groups in total. The molecular formula is C23H24N2O4S2. The molecular weight excluding hydrogens is 432 g/mol. The molecule has 1 amide bonds. The van der Waals surface area contributed by atoms with Crippen molar-refractivity contribution in [2.75, 3.05) is 29.5 Å². The summed E-state index contributed by atoms with van der Waals surface area (Å²) in [7, 11) is -2.46. The molecule has 0 heterocycles. The highest BCUT2D eigenvalue weighted by molar-refractivity contribution is 7.98. The van der Waals surface area contributed by atoms with E-state index in [1.807, 2.05) is 24.5 Å². The Kier molecular flexibility index (Phi) is 7.25. The summed E-state index contributed by atoms with van der Waals surface area (Å²) in [5.41, 5.74) is 1.71. The number of para-hydroxylation sites is 1. The van der Waals surface area contributed by atoms with Gasteiger partial charge in [-0.1, -0.05) is 24.3 Å². The van der Waals surface area contributed by atoms with Crippen molar-refractivity contribution in [3.8, 4) is 5.75 Å². The first kappa shape index (κ1) is 22.7. The number of benzene rings is 3. The molecule has 3 aromatic carbocycles. The monoisotopic (exact) mass is 456 g/mol. The first-order valence-electron chi connectivity index (χ1n) is 9.51. The number of nitrogens with one attached hydrogen (secondary N) is 1. The van der Waals surface area contributed by atoms with Crippen LogP contribution in [0.4, 0.5) is 11.4 Å². The van der Waals surface area contributed by atoms with Crippen LogP contribution in [-0.2, 0) is 14.8 Å². The summed E-state index contributed by atoms with van der Waals surface area (Å²) in [5.74, 6) is 0.160. The lowest BCUT2D eigenvalue weighted by Crippen LogP contribution is -2.38. The Morgan fingerprint density at radius 2 is 1.77 bits per heavy atom. The topological polar surface area (TPSA) is 75.7 Å². The van der Waals surface area contributed by atoms with Crippen molar-refractivity contribution < 1.29 is 17.9 Å². The average molecular weight is 457 g/mol. The molecule has 0 aliphatic rings. The minimum Gasteiger partial charge on any atom is -0.496 e. The van der Waals surface area contributed by atoms with Crippen LogP contribution in [-0.4, -0.2) is 34.2 Å². The Labute approximate surface area is 187 Å². The third-order valence-electron chi connectivity index (χ3n) is 4.64. The number of sulfonamides is 1. The van der Waals surface area contributed by atoms with Gasteiger partial charge >= 0.3 is 0 Å². The minimum atomic E-state index is -3.99. The van der Waals surface area contributed by atoms with Gasteiger partial charge in [-0.2, -0.15) is 0 Å². The smallest absolute Gasteiger partial charge is 0.264 e. The molecule has 0 saturated heterocycles. The van der Waals surface area contributed by atoms with Crippen LogP contribution < -0.4 is 14.4 Å². The molecule has 0 aliphatic heterocycles. The second-order valence-electron chi connectivity index (χ2n) is 6.76. The highest BCUT2D eigenvalue weighted by Crippen LogP contribution is 2.27. The van der Waals surface area contributed by atoms with Crippen molar-refractivity contribution in [2.24, 2.45) is 0 Å². The van der Waals surface area contributed by atoms with Gasteiger partial charge in [0.25, 0.3) is 10.0 Å². The Morgan fingerprint density at radius 1 is 1.03 bits per heavy atom. The number of carbonyl (C=O) groups excluding carboxylic acids is 1. The zero-order valence-electron chi connectivity index (χ0n) is 17.5.